The van der Waals surface area contributed by atoms with Crippen molar-refractivity contribution in [1.29, 1.82) is 0 Å². The first-order valence-electron chi connectivity index (χ1n) is 6.52. The number of allylic oxidation sites excluding steroid dienone is 3. The standard InChI is InChI=1S/C17H14F2N2O/c18-14-7-1-3-9-16(14)20-11-5-6-13(22)12-21-17-10-4-2-8-15(17)19/h1-12,20,22H/b11-5+,13-6-,21-12?. The zero-order valence-corrected chi connectivity index (χ0v) is 11.6. The summed E-state index contributed by atoms with van der Waals surface area (Å²) in [6.07, 6.45) is 5.42. The summed E-state index contributed by atoms with van der Waals surface area (Å²) in [7, 11) is 0. The van der Waals surface area contributed by atoms with Gasteiger partial charge < -0.3 is 10.4 Å². The van der Waals surface area contributed by atoms with E-state index in [4.69, 9.17) is 0 Å². The van der Waals surface area contributed by atoms with Gasteiger partial charge in [0.1, 0.15) is 17.4 Å². The van der Waals surface area contributed by atoms with E-state index < -0.39 is 5.82 Å². The Morgan fingerprint density at radius 1 is 1.00 bits per heavy atom. The Hall–Kier alpha value is -2.95. The number of aliphatic imine (C=N–C) groups is 1. The molecule has 0 amide bonds. The topological polar surface area (TPSA) is 44.6 Å². The van der Waals surface area contributed by atoms with Crippen molar-refractivity contribution in [3.8, 4) is 0 Å². The number of hydrogen-bond donors (Lipinski definition) is 2. The SMILES string of the molecule is O/C(C=Nc1ccccc1F)=C\C=C\Nc1ccccc1F. The lowest BCUT2D eigenvalue weighted by molar-refractivity contribution is 0.446. The van der Waals surface area contributed by atoms with Gasteiger partial charge in [-0.2, -0.15) is 0 Å². The van der Waals surface area contributed by atoms with Crippen molar-refractivity contribution in [3.63, 3.8) is 0 Å². The fourth-order valence-corrected chi connectivity index (χ4v) is 1.60. The lowest BCUT2D eigenvalue weighted by atomic mass is 10.3. The number of para-hydroxylation sites is 2. The molecule has 0 aliphatic carbocycles. The molecule has 112 valence electrons. The van der Waals surface area contributed by atoms with E-state index in [0.717, 1.165) is 6.21 Å². The fourth-order valence-electron chi connectivity index (χ4n) is 1.60. The van der Waals surface area contributed by atoms with Gasteiger partial charge in [0.2, 0.25) is 0 Å². The van der Waals surface area contributed by atoms with Gasteiger partial charge in [-0.3, -0.25) is 0 Å². The molecule has 0 saturated carbocycles. The van der Waals surface area contributed by atoms with Crippen molar-refractivity contribution < 1.29 is 13.9 Å². The van der Waals surface area contributed by atoms with E-state index >= 15 is 0 Å². The average molecular weight is 300 g/mol. The smallest absolute Gasteiger partial charge is 0.148 e. The minimum atomic E-state index is -0.469. The fraction of sp³-hybridized carbons (Fsp3) is 0. The van der Waals surface area contributed by atoms with Crippen LogP contribution in [0.25, 0.3) is 0 Å². The molecule has 0 aliphatic rings. The number of rotatable bonds is 5. The van der Waals surface area contributed by atoms with E-state index in [9.17, 15) is 13.9 Å². The molecule has 22 heavy (non-hydrogen) atoms. The van der Waals surface area contributed by atoms with E-state index in [0.29, 0.717) is 5.69 Å². The summed E-state index contributed by atoms with van der Waals surface area (Å²) < 4.78 is 26.6. The molecule has 0 atom stereocenters. The van der Waals surface area contributed by atoms with E-state index in [1.165, 1.54) is 36.6 Å². The summed E-state index contributed by atoms with van der Waals surface area (Å²) in [5.74, 6) is -1.00. The number of nitrogens with one attached hydrogen (secondary N) is 1. The molecule has 2 N–H and O–H groups in total. The predicted octanol–water partition coefficient (Wildman–Crippen LogP) is 4.73. The van der Waals surface area contributed by atoms with Crippen molar-refractivity contribution in [2.75, 3.05) is 5.32 Å². The molecule has 0 aromatic heterocycles. The normalized spacial score (nSPS) is 12.2. The Labute approximate surface area is 127 Å². The van der Waals surface area contributed by atoms with Crippen LogP contribution < -0.4 is 5.32 Å². The van der Waals surface area contributed by atoms with Crippen LogP contribution in [0.2, 0.25) is 0 Å². The number of benzene rings is 2. The van der Waals surface area contributed by atoms with E-state index in [2.05, 4.69) is 10.3 Å². The summed E-state index contributed by atoms with van der Waals surface area (Å²) in [6, 6.07) is 12.2. The molecular weight excluding hydrogens is 286 g/mol. The summed E-state index contributed by atoms with van der Waals surface area (Å²) in [6.45, 7) is 0. The quantitative estimate of drug-likeness (QED) is 0.476. The Morgan fingerprint density at radius 2 is 1.68 bits per heavy atom. The summed E-state index contributed by atoms with van der Waals surface area (Å²) >= 11 is 0. The highest BCUT2D eigenvalue weighted by molar-refractivity contribution is 5.78. The Kier molecular flexibility index (Phi) is 5.43. The van der Waals surface area contributed by atoms with Gasteiger partial charge in [-0.15, -0.1) is 0 Å². The minimum Gasteiger partial charge on any atom is -0.506 e. The second kappa shape index (κ2) is 7.73. The Balaban J connectivity index is 1.94. The Bertz CT molecular complexity index is 724. The molecule has 0 spiro atoms. The summed E-state index contributed by atoms with van der Waals surface area (Å²) in [5, 5.41) is 12.3. The van der Waals surface area contributed by atoms with Crippen LogP contribution in [0.3, 0.4) is 0 Å². The van der Waals surface area contributed by atoms with Crippen LogP contribution in [0, 0.1) is 11.6 Å². The molecule has 0 bridgehead atoms. The lowest BCUT2D eigenvalue weighted by Crippen LogP contribution is -1.90. The summed E-state index contributed by atoms with van der Waals surface area (Å²) in [4.78, 5) is 3.82. The van der Waals surface area contributed by atoms with Gasteiger partial charge in [0.15, 0.2) is 0 Å². The third kappa shape index (κ3) is 4.56. The third-order valence-corrected chi connectivity index (χ3v) is 2.66. The molecule has 0 aliphatic heterocycles. The second-order valence-corrected chi connectivity index (χ2v) is 4.28. The van der Waals surface area contributed by atoms with Gasteiger partial charge in [-0.25, -0.2) is 13.8 Å². The number of anilines is 1. The largest absolute Gasteiger partial charge is 0.506 e. The van der Waals surface area contributed by atoms with Crippen molar-refractivity contribution in [3.05, 3.63) is 84.3 Å². The molecule has 3 nitrogen and oxygen atoms in total. The minimum absolute atomic E-state index is 0.135. The molecule has 2 aromatic carbocycles. The first-order valence-corrected chi connectivity index (χ1v) is 6.52. The molecule has 2 aromatic rings. The number of halogens is 2. The third-order valence-electron chi connectivity index (χ3n) is 2.66. The van der Waals surface area contributed by atoms with Crippen LogP contribution in [0.15, 0.2) is 77.6 Å². The maximum absolute atomic E-state index is 13.3. The van der Waals surface area contributed by atoms with Crippen LogP contribution in [0.4, 0.5) is 20.2 Å². The number of aliphatic hydroxyl groups is 1. The number of hydrogen-bond acceptors (Lipinski definition) is 3. The maximum Gasteiger partial charge on any atom is 0.148 e. The lowest BCUT2D eigenvalue weighted by Gasteiger charge is -2.00. The van der Waals surface area contributed by atoms with E-state index in [1.807, 2.05) is 0 Å². The molecule has 0 saturated heterocycles. The van der Waals surface area contributed by atoms with E-state index in [1.54, 1.807) is 30.3 Å². The monoisotopic (exact) mass is 300 g/mol. The predicted molar refractivity (Wildman–Crippen MR) is 84.4 cm³/mol. The molecule has 0 fully saturated rings. The highest BCUT2D eigenvalue weighted by Gasteiger charge is 1.97. The van der Waals surface area contributed by atoms with Gasteiger partial charge in [0.05, 0.1) is 17.6 Å². The van der Waals surface area contributed by atoms with Gasteiger partial charge in [0, 0.05) is 6.20 Å². The van der Waals surface area contributed by atoms with Gasteiger partial charge >= 0.3 is 0 Å². The Morgan fingerprint density at radius 3 is 2.41 bits per heavy atom. The molecule has 2 rings (SSSR count). The molecule has 0 unspecified atom stereocenters. The van der Waals surface area contributed by atoms with Crippen LogP contribution in [0.5, 0.6) is 0 Å². The zero-order chi connectivity index (χ0) is 15.8. The van der Waals surface area contributed by atoms with Crippen molar-refractivity contribution in [2.45, 2.75) is 0 Å². The van der Waals surface area contributed by atoms with Crippen LogP contribution in [-0.4, -0.2) is 11.3 Å². The highest BCUT2D eigenvalue weighted by atomic mass is 19.1. The molecule has 0 radical (unpaired) electrons. The van der Waals surface area contributed by atoms with Crippen LogP contribution in [0.1, 0.15) is 0 Å². The first kappa shape index (κ1) is 15.4. The number of nitrogens with zero attached hydrogens (tertiary/aromatic N) is 1. The number of aliphatic hydroxyl groups excluding tert-OH is 1. The first-order chi connectivity index (χ1) is 10.7. The van der Waals surface area contributed by atoms with Gasteiger partial charge in [-0.05, 0) is 36.4 Å². The second-order valence-electron chi connectivity index (χ2n) is 4.28. The van der Waals surface area contributed by atoms with Gasteiger partial charge in [-0.1, -0.05) is 24.3 Å². The zero-order valence-electron chi connectivity index (χ0n) is 11.6. The van der Waals surface area contributed by atoms with Crippen molar-refractivity contribution >= 4 is 17.6 Å². The van der Waals surface area contributed by atoms with E-state index in [-0.39, 0.29) is 17.3 Å². The molecular formula is C17H14F2N2O. The average Bonchev–Trinajstić information content (AvgIpc) is 2.52. The maximum atomic E-state index is 13.3. The summed E-state index contributed by atoms with van der Waals surface area (Å²) in [5.41, 5.74) is 0.461. The van der Waals surface area contributed by atoms with Crippen molar-refractivity contribution in [1.82, 2.24) is 0 Å². The van der Waals surface area contributed by atoms with Crippen LogP contribution >= 0.6 is 0 Å². The molecule has 0 heterocycles. The van der Waals surface area contributed by atoms with Gasteiger partial charge in [0.25, 0.3) is 0 Å². The van der Waals surface area contributed by atoms with Crippen LogP contribution in [-0.2, 0) is 0 Å². The highest BCUT2D eigenvalue weighted by Crippen LogP contribution is 2.15. The van der Waals surface area contributed by atoms with Crippen molar-refractivity contribution in [2.24, 2.45) is 4.99 Å². The molecule has 5 heteroatoms.